The second-order valence-corrected chi connectivity index (χ2v) is 9.43. The summed E-state index contributed by atoms with van der Waals surface area (Å²) in [6.07, 6.45) is 0.0704. The van der Waals surface area contributed by atoms with Crippen LogP contribution in [0.15, 0.2) is 48.5 Å². The van der Waals surface area contributed by atoms with Crippen LogP contribution in [0.4, 0.5) is 13.6 Å². The lowest BCUT2D eigenvalue weighted by molar-refractivity contribution is -0.146. The number of carboxylic acid groups (broad SMARTS) is 1. The molecule has 1 heterocycles. The largest absolute Gasteiger partial charge is 0.481 e. The van der Waals surface area contributed by atoms with Crippen LogP contribution in [0, 0.1) is 17.8 Å². The summed E-state index contributed by atoms with van der Waals surface area (Å²) in [4.78, 5) is 37.4. The van der Waals surface area contributed by atoms with E-state index in [-0.39, 0.29) is 25.6 Å². The zero-order valence-corrected chi connectivity index (χ0v) is 19.0. The smallest absolute Gasteiger partial charge is 0.407 e. The van der Waals surface area contributed by atoms with Gasteiger partial charge in [0.05, 0.1) is 11.8 Å². The third kappa shape index (κ3) is 4.24. The van der Waals surface area contributed by atoms with Gasteiger partial charge in [0.15, 0.2) is 0 Å². The summed E-state index contributed by atoms with van der Waals surface area (Å²) < 4.78 is 34.1. The van der Waals surface area contributed by atoms with Crippen molar-refractivity contribution in [2.75, 3.05) is 26.2 Å². The van der Waals surface area contributed by atoms with Gasteiger partial charge in [0.1, 0.15) is 12.5 Å². The lowest BCUT2D eigenvalue weighted by Crippen LogP contribution is -2.43. The molecule has 1 saturated carbocycles. The van der Waals surface area contributed by atoms with Crippen LogP contribution in [-0.4, -0.2) is 60.1 Å². The van der Waals surface area contributed by atoms with E-state index in [1.807, 2.05) is 48.5 Å². The first-order chi connectivity index (χ1) is 16.8. The van der Waals surface area contributed by atoms with Crippen LogP contribution in [0.2, 0.25) is 0 Å². The van der Waals surface area contributed by atoms with Crippen molar-refractivity contribution in [1.82, 2.24) is 10.2 Å². The van der Waals surface area contributed by atoms with Crippen molar-refractivity contribution in [1.29, 1.82) is 0 Å². The highest BCUT2D eigenvalue weighted by molar-refractivity contribution is 5.85. The van der Waals surface area contributed by atoms with Gasteiger partial charge in [0, 0.05) is 25.6 Å². The van der Waals surface area contributed by atoms with Crippen molar-refractivity contribution < 1.29 is 33.0 Å². The summed E-state index contributed by atoms with van der Waals surface area (Å²) >= 11 is 0. The predicted octanol–water partition coefficient (Wildman–Crippen LogP) is 3.73. The lowest BCUT2D eigenvalue weighted by Gasteiger charge is -2.30. The standard InChI is InChI=1S/C26H26F2N2O5/c27-26(28)21(22(26)23(31)30-11-5-6-15(13-30)24(32)33)12-29-25(34)35-14-20-18-9-3-1-7-16(18)17-8-2-4-10-19(17)20/h1-4,7-10,15,20-22H,5-6,11-14H2,(H,29,34)(H,32,33)/t15-,21?,22?/m1/s1. The molecule has 3 atom stereocenters. The summed E-state index contributed by atoms with van der Waals surface area (Å²) in [6, 6.07) is 15.7. The fraction of sp³-hybridized carbons (Fsp3) is 0.423. The molecule has 1 saturated heterocycles. The topological polar surface area (TPSA) is 95.9 Å². The zero-order chi connectivity index (χ0) is 24.7. The Labute approximate surface area is 201 Å². The molecular formula is C26H26F2N2O5. The van der Waals surface area contributed by atoms with Crippen LogP contribution in [-0.2, 0) is 14.3 Å². The van der Waals surface area contributed by atoms with Gasteiger partial charge in [0.25, 0.3) is 5.92 Å². The maximum absolute atomic E-state index is 14.4. The highest BCUT2D eigenvalue weighted by atomic mass is 19.3. The van der Waals surface area contributed by atoms with E-state index in [0.29, 0.717) is 12.8 Å². The summed E-state index contributed by atoms with van der Waals surface area (Å²) in [5.41, 5.74) is 4.25. The van der Waals surface area contributed by atoms with E-state index >= 15 is 0 Å². The van der Waals surface area contributed by atoms with Gasteiger partial charge in [0.2, 0.25) is 5.91 Å². The average Bonchev–Trinajstić information content (AvgIpc) is 3.26. The predicted molar refractivity (Wildman–Crippen MR) is 122 cm³/mol. The third-order valence-electron chi connectivity index (χ3n) is 7.36. The number of hydrogen-bond acceptors (Lipinski definition) is 4. The number of hydrogen-bond donors (Lipinski definition) is 2. The Morgan fingerprint density at radius 1 is 1.06 bits per heavy atom. The van der Waals surface area contributed by atoms with Crippen molar-refractivity contribution in [3.63, 3.8) is 0 Å². The number of ether oxygens (including phenoxy) is 1. The first-order valence-corrected chi connectivity index (χ1v) is 11.8. The van der Waals surface area contributed by atoms with Gasteiger partial charge in [-0.2, -0.15) is 0 Å². The molecule has 5 rings (SSSR count). The van der Waals surface area contributed by atoms with E-state index in [2.05, 4.69) is 5.32 Å². The third-order valence-corrected chi connectivity index (χ3v) is 7.36. The molecule has 1 aliphatic heterocycles. The van der Waals surface area contributed by atoms with Crippen molar-refractivity contribution in [2.24, 2.45) is 17.8 Å². The lowest BCUT2D eigenvalue weighted by atomic mass is 9.98. The van der Waals surface area contributed by atoms with Gasteiger partial charge in [-0.05, 0) is 35.1 Å². The second kappa shape index (κ2) is 8.94. The Morgan fingerprint density at radius 3 is 2.31 bits per heavy atom. The van der Waals surface area contributed by atoms with Crippen molar-refractivity contribution in [2.45, 2.75) is 24.7 Å². The quantitative estimate of drug-likeness (QED) is 0.652. The fourth-order valence-corrected chi connectivity index (χ4v) is 5.40. The SMILES string of the molecule is O=C(NCC1C(C(=O)N2CCC[C@@H](C(=O)O)C2)C1(F)F)OCC1c2ccccc2-c2ccccc21. The first-order valence-electron chi connectivity index (χ1n) is 11.8. The number of aliphatic carboxylic acids is 1. The molecule has 9 heteroatoms. The summed E-state index contributed by atoms with van der Waals surface area (Å²) in [5, 5.41) is 11.6. The van der Waals surface area contributed by atoms with Gasteiger partial charge in [-0.1, -0.05) is 48.5 Å². The number of halogens is 2. The van der Waals surface area contributed by atoms with E-state index in [9.17, 15) is 28.3 Å². The monoisotopic (exact) mass is 484 g/mol. The number of rotatable bonds is 6. The molecule has 2 aromatic carbocycles. The fourth-order valence-electron chi connectivity index (χ4n) is 5.40. The number of carbonyl (C=O) groups excluding carboxylic acids is 2. The number of alkyl halides is 2. The molecule has 2 fully saturated rings. The van der Waals surface area contributed by atoms with E-state index < -0.39 is 48.2 Å². The van der Waals surface area contributed by atoms with Crippen LogP contribution < -0.4 is 5.32 Å². The molecule has 2 aromatic rings. The van der Waals surface area contributed by atoms with E-state index in [0.717, 1.165) is 22.3 Å². The average molecular weight is 484 g/mol. The molecule has 0 spiro atoms. The normalized spacial score (nSPS) is 24.3. The molecule has 3 aliphatic rings. The molecule has 2 N–H and O–H groups in total. The number of fused-ring (bicyclic) bond motifs is 3. The molecule has 2 aliphatic carbocycles. The number of benzene rings is 2. The van der Waals surface area contributed by atoms with Crippen LogP contribution in [0.1, 0.15) is 29.9 Å². The van der Waals surface area contributed by atoms with Gasteiger partial charge in [-0.15, -0.1) is 0 Å². The second-order valence-electron chi connectivity index (χ2n) is 9.43. The van der Waals surface area contributed by atoms with E-state index in [1.54, 1.807) is 0 Å². The minimum atomic E-state index is -3.25. The number of nitrogens with one attached hydrogen (secondary N) is 1. The number of amides is 2. The maximum atomic E-state index is 14.4. The van der Waals surface area contributed by atoms with Crippen LogP contribution in [0.3, 0.4) is 0 Å². The molecule has 184 valence electrons. The van der Waals surface area contributed by atoms with Gasteiger partial charge in [-0.3, -0.25) is 9.59 Å². The van der Waals surface area contributed by atoms with E-state index in [4.69, 9.17) is 4.74 Å². The summed E-state index contributed by atoms with van der Waals surface area (Å²) in [5.74, 6) is -8.80. The van der Waals surface area contributed by atoms with Crippen molar-refractivity contribution in [3.8, 4) is 11.1 Å². The highest BCUT2D eigenvalue weighted by Crippen LogP contribution is 2.56. The Kier molecular flexibility index (Phi) is 5.94. The Bertz CT molecular complexity index is 1120. The minimum Gasteiger partial charge on any atom is -0.481 e. The number of likely N-dealkylation sites (tertiary alicyclic amines) is 1. The zero-order valence-electron chi connectivity index (χ0n) is 19.0. The Hall–Kier alpha value is -3.49. The van der Waals surface area contributed by atoms with Crippen molar-refractivity contribution in [3.05, 3.63) is 59.7 Å². The number of carboxylic acids is 1. The van der Waals surface area contributed by atoms with Crippen LogP contribution >= 0.6 is 0 Å². The summed E-state index contributed by atoms with van der Waals surface area (Å²) in [7, 11) is 0. The Morgan fingerprint density at radius 2 is 1.69 bits per heavy atom. The molecule has 0 aromatic heterocycles. The number of carbonyl (C=O) groups is 3. The van der Waals surface area contributed by atoms with Gasteiger partial charge < -0.3 is 20.1 Å². The molecule has 35 heavy (non-hydrogen) atoms. The molecule has 0 radical (unpaired) electrons. The molecular weight excluding hydrogens is 458 g/mol. The number of nitrogens with zero attached hydrogens (tertiary/aromatic N) is 1. The molecule has 2 unspecified atom stereocenters. The summed E-state index contributed by atoms with van der Waals surface area (Å²) in [6.45, 7) is -0.126. The number of alkyl carbamates (subject to hydrolysis) is 1. The maximum Gasteiger partial charge on any atom is 0.407 e. The van der Waals surface area contributed by atoms with Gasteiger partial charge in [-0.25, -0.2) is 13.6 Å². The van der Waals surface area contributed by atoms with Gasteiger partial charge >= 0.3 is 12.1 Å². The molecule has 0 bridgehead atoms. The molecule has 7 nitrogen and oxygen atoms in total. The molecule has 2 amide bonds. The van der Waals surface area contributed by atoms with Crippen LogP contribution in [0.25, 0.3) is 11.1 Å². The van der Waals surface area contributed by atoms with E-state index in [1.165, 1.54) is 4.90 Å². The first kappa shape index (κ1) is 23.3. The van der Waals surface area contributed by atoms with Crippen LogP contribution in [0.5, 0.6) is 0 Å². The minimum absolute atomic E-state index is 0.0622. The Balaban J connectivity index is 1.16. The van der Waals surface area contributed by atoms with Crippen molar-refractivity contribution >= 4 is 18.0 Å². The number of piperidine rings is 1. The highest BCUT2D eigenvalue weighted by Gasteiger charge is 2.72.